The van der Waals surface area contributed by atoms with Crippen molar-refractivity contribution in [2.24, 2.45) is 7.05 Å². The van der Waals surface area contributed by atoms with E-state index in [1.54, 1.807) is 37.4 Å². The number of oxazole rings is 1. The van der Waals surface area contributed by atoms with Gasteiger partial charge in [-0.1, -0.05) is 0 Å². The number of aromatic nitrogens is 1. The maximum absolute atomic E-state index is 13.1. The number of Topliss-reactive ketones (excluding diaryl/α,β-unsaturated/α-hetero) is 1. The summed E-state index contributed by atoms with van der Waals surface area (Å²) in [4.78, 5) is 28.9. The first kappa shape index (κ1) is 18.4. The number of anilines is 1. The van der Waals surface area contributed by atoms with Gasteiger partial charge in [-0.15, -0.1) is 0 Å². The number of rotatable bonds is 4. The van der Waals surface area contributed by atoms with Crippen molar-refractivity contribution in [3.8, 4) is 0 Å². The number of hydrogen-bond acceptors (Lipinski definition) is 5. The highest BCUT2D eigenvalue weighted by Crippen LogP contribution is 2.20. The Morgan fingerprint density at radius 3 is 2.43 bits per heavy atom. The van der Waals surface area contributed by atoms with Crippen molar-refractivity contribution in [1.29, 1.82) is 0 Å². The quantitative estimate of drug-likeness (QED) is 0.649. The molecule has 0 saturated carbocycles. The molecule has 1 saturated heterocycles. The summed E-state index contributed by atoms with van der Waals surface area (Å²) in [6, 6.07) is 11.3. The second-order valence-corrected chi connectivity index (χ2v) is 7.15. The van der Waals surface area contributed by atoms with Gasteiger partial charge in [0.2, 0.25) is 0 Å². The van der Waals surface area contributed by atoms with Gasteiger partial charge in [-0.05, 0) is 49.4 Å². The molecule has 146 valence electrons. The number of nitrogens with zero attached hydrogens (tertiary/aromatic N) is 3. The average Bonchev–Trinajstić information content (AvgIpc) is 3.01. The molecule has 1 atom stereocenters. The highest BCUT2D eigenvalue weighted by atomic mass is 19.1. The second kappa shape index (κ2) is 7.24. The minimum Gasteiger partial charge on any atom is -0.408 e. The number of benzene rings is 2. The monoisotopic (exact) mass is 383 g/mol. The van der Waals surface area contributed by atoms with Gasteiger partial charge in [0.1, 0.15) is 5.82 Å². The van der Waals surface area contributed by atoms with Crippen LogP contribution in [0.5, 0.6) is 0 Å². The van der Waals surface area contributed by atoms with E-state index in [0.717, 1.165) is 31.9 Å². The second-order valence-electron chi connectivity index (χ2n) is 7.15. The molecule has 28 heavy (non-hydrogen) atoms. The summed E-state index contributed by atoms with van der Waals surface area (Å²) in [7, 11) is 1.64. The zero-order chi connectivity index (χ0) is 19.8. The van der Waals surface area contributed by atoms with Crippen molar-refractivity contribution >= 4 is 22.6 Å². The lowest BCUT2D eigenvalue weighted by molar-refractivity contribution is 0.0830. The van der Waals surface area contributed by atoms with Crippen LogP contribution in [0.2, 0.25) is 0 Å². The van der Waals surface area contributed by atoms with E-state index >= 15 is 0 Å². The summed E-state index contributed by atoms with van der Waals surface area (Å²) in [5, 5.41) is 0. The zero-order valence-corrected chi connectivity index (χ0v) is 15.9. The molecule has 0 amide bonds. The lowest BCUT2D eigenvalue weighted by atomic mass is 10.0. The van der Waals surface area contributed by atoms with Crippen LogP contribution in [0.15, 0.2) is 51.7 Å². The Morgan fingerprint density at radius 1 is 1.07 bits per heavy atom. The molecule has 1 aliphatic rings. The Kier molecular flexibility index (Phi) is 4.77. The topological polar surface area (TPSA) is 58.7 Å². The molecule has 2 heterocycles. The summed E-state index contributed by atoms with van der Waals surface area (Å²) >= 11 is 0. The third kappa shape index (κ3) is 3.33. The van der Waals surface area contributed by atoms with Crippen LogP contribution in [0.25, 0.3) is 11.1 Å². The Morgan fingerprint density at radius 2 is 1.75 bits per heavy atom. The highest BCUT2D eigenvalue weighted by molar-refractivity contribution is 6.01. The lowest BCUT2D eigenvalue weighted by Gasteiger charge is -2.38. The smallest absolute Gasteiger partial charge is 0.408 e. The lowest BCUT2D eigenvalue weighted by Crippen LogP contribution is -2.51. The molecule has 0 bridgehead atoms. The molecule has 3 aromatic rings. The molecule has 1 aromatic heterocycles. The van der Waals surface area contributed by atoms with Gasteiger partial charge < -0.3 is 9.32 Å². The standard InChI is InChI=1S/C21H22FN3O3/c1-14(20(26)15-3-8-18-19(13-15)28-21(27)23(18)2)24-9-11-25(12-10-24)17-6-4-16(22)5-7-17/h3-8,13-14H,9-12H2,1-2H3/t14-/m1/s1. The molecule has 0 radical (unpaired) electrons. The molecule has 6 nitrogen and oxygen atoms in total. The number of fused-ring (bicyclic) bond motifs is 1. The summed E-state index contributed by atoms with van der Waals surface area (Å²) < 4.78 is 19.7. The normalized spacial score (nSPS) is 16.5. The van der Waals surface area contributed by atoms with Crippen molar-refractivity contribution in [3.05, 3.63) is 64.4 Å². The molecule has 2 aromatic carbocycles. The van der Waals surface area contributed by atoms with Crippen LogP contribution in [-0.4, -0.2) is 47.5 Å². The van der Waals surface area contributed by atoms with E-state index in [2.05, 4.69) is 9.80 Å². The van der Waals surface area contributed by atoms with Crippen LogP contribution < -0.4 is 10.7 Å². The molecule has 0 spiro atoms. The third-order valence-corrected chi connectivity index (χ3v) is 5.51. The fourth-order valence-electron chi connectivity index (χ4n) is 3.71. The highest BCUT2D eigenvalue weighted by Gasteiger charge is 2.27. The first-order valence-electron chi connectivity index (χ1n) is 9.32. The predicted molar refractivity (Wildman–Crippen MR) is 105 cm³/mol. The van der Waals surface area contributed by atoms with Gasteiger partial charge in [-0.25, -0.2) is 9.18 Å². The molecule has 0 unspecified atom stereocenters. The molecular formula is C21H22FN3O3. The van der Waals surface area contributed by atoms with E-state index in [-0.39, 0.29) is 17.6 Å². The van der Waals surface area contributed by atoms with Crippen LogP contribution in [-0.2, 0) is 7.05 Å². The molecule has 4 rings (SSSR count). The summed E-state index contributed by atoms with van der Waals surface area (Å²) in [5.74, 6) is -0.680. The van der Waals surface area contributed by atoms with Crippen LogP contribution in [0.3, 0.4) is 0 Å². The van der Waals surface area contributed by atoms with E-state index < -0.39 is 5.76 Å². The van der Waals surface area contributed by atoms with Crippen LogP contribution >= 0.6 is 0 Å². The first-order chi connectivity index (χ1) is 13.4. The van der Waals surface area contributed by atoms with Gasteiger partial charge in [0.15, 0.2) is 11.4 Å². The first-order valence-corrected chi connectivity index (χ1v) is 9.32. The van der Waals surface area contributed by atoms with Gasteiger partial charge in [-0.2, -0.15) is 0 Å². The molecule has 1 aliphatic heterocycles. The number of ketones is 1. The average molecular weight is 383 g/mol. The molecule has 0 aliphatic carbocycles. The van der Waals surface area contributed by atoms with Crippen LogP contribution in [0.1, 0.15) is 17.3 Å². The molecule has 1 fully saturated rings. The van der Waals surface area contributed by atoms with Gasteiger partial charge in [0.05, 0.1) is 11.6 Å². The van der Waals surface area contributed by atoms with E-state index in [1.165, 1.54) is 16.7 Å². The van der Waals surface area contributed by atoms with Crippen molar-refractivity contribution in [3.63, 3.8) is 0 Å². The fourth-order valence-corrected chi connectivity index (χ4v) is 3.71. The van der Waals surface area contributed by atoms with E-state index in [4.69, 9.17) is 4.42 Å². The van der Waals surface area contributed by atoms with Crippen molar-refractivity contribution in [2.45, 2.75) is 13.0 Å². The predicted octanol–water partition coefficient (Wildman–Crippen LogP) is 2.66. The van der Waals surface area contributed by atoms with Gasteiger partial charge in [0, 0.05) is 44.5 Å². The van der Waals surface area contributed by atoms with Crippen molar-refractivity contribution in [2.75, 3.05) is 31.1 Å². The van der Waals surface area contributed by atoms with Gasteiger partial charge in [-0.3, -0.25) is 14.3 Å². The number of carbonyl (C=O) groups excluding carboxylic acids is 1. The summed E-state index contributed by atoms with van der Waals surface area (Å²) in [6.07, 6.45) is 0. The molecule has 7 heteroatoms. The molecule has 0 N–H and O–H groups in total. The third-order valence-electron chi connectivity index (χ3n) is 5.51. The summed E-state index contributed by atoms with van der Waals surface area (Å²) in [5.41, 5.74) is 2.62. The number of piperazine rings is 1. The fraction of sp³-hybridized carbons (Fsp3) is 0.333. The van der Waals surface area contributed by atoms with Gasteiger partial charge >= 0.3 is 5.76 Å². The number of halogens is 1. The largest absolute Gasteiger partial charge is 0.419 e. The maximum Gasteiger partial charge on any atom is 0.419 e. The summed E-state index contributed by atoms with van der Waals surface area (Å²) in [6.45, 7) is 4.94. The van der Waals surface area contributed by atoms with Crippen molar-refractivity contribution < 1.29 is 13.6 Å². The van der Waals surface area contributed by atoms with Gasteiger partial charge in [0.25, 0.3) is 0 Å². The molecular weight excluding hydrogens is 361 g/mol. The number of aryl methyl sites for hydroxylation is 1. The maximum atomic E-state index is 13.1. The minimum atomic E-state index is -0.440. The van der Waals surface area contributed by atoms with Crippen LogP contribution in [0.4, 0.5) is 10.1 Å². The Balaban J connectivity index is 1.44. The zero-order valence-electron chi connectivity index (χ0n) is 15.9. The SMILES string of the molecule is C[C@H](C(=O)c1ccc2c(c1)oc(=O)n2C)N1CCN(c2ccc(F)cc2)CC1. The number of carbonyl (C=O) groups is 1. The Bertz CT molecular complexity index is 1060. The Labute approximate surface area is 161 Å². The van der Waals surface area contributed by atoms with Crippen molar-refractivity contribution in [1.82, 2.24) is 9.47 Å². The Hall–Kier alpha value is -2.93. The van der Waals surface area contributed by atoms with E-state index in [9.17, 15) is 14.0 Å². The van der Waals surface area contributed by atoms with E-state index in [0.29, 0.717) is 16.7 Å². The number of hydrogen-bond donors (Lipinski definition) is 0. The minimum absolute atomic E-state index is 0.00337. The van der Waals surface area contributed by atoms with Crippen LogP contribution in [0, 0.1) is 5.82 Å². The van der Waals surface area contributed by atoms with E-state index in [1.807, 2.05) is 6.92 Å².